The molecule has 2 fully saturated rings. The summed E-state index contributed by atoms with van der Waals surface area (Å²) in [6.07, 6.45) is 10.9. The number of anilines is 1. The van der Waals surface area contributed by atoms with Crippen molar-refractivity contribution in [1.82, 2.24) is 51.0 Å². The number of aromatic amines is 2. The quantitative estimate of drug-likeness (QED) is 0.109. The average molecular weight is 794 g/mol. The van der Waals surface area contributed by atoms with E-state index in [0.29, 0.717) is 33.1 Å². The van der Waals surface area contributed by atoms with Crippen LogP contribution in [0, 0.1) is 0 Å². The summed E-state index contributed by atoms with van der Waals surface area (Å²) in [6.45, 7) is 11.1. The number of alkyl carbamates (subject to hydrolysis) is 2. The van der Waals surface area contributed by atoms with Crippen molar-refractivity contribution in [3.63, 3.8) is 0 Å². The first-order chi connectivity index (χ1) is 24.9. The molecule has 4 aromatic rings. The molecule has 6 rings (SSSR count). The number of H-pyrrole nitrogens is 2. The number of rotatable bonds is 6. The van der Waals surface area contributed by atoms with E-state index in [0.717, 1.165) is 44.2 Å². The summed E-state index contributed by atoms with van der Waals surface area (Å²) in [6, 6.07) is 4.22. The Morgan fingerprint density at radius 1 is 0.736 bits per heavy atom. The average Bonchev–Trinajstić information content (AvgIpc) is 3.88. The summed E-state index contributed by atoms with van der Waals surface area (Å²) in [7, 11) is 0. The Morgan fingerprint density at radius 2 is 1.23 bits per heavy atom. The number of nitrogens with two attached hydrogens (primary N) is 1. The van der Waals surface area contributed by atoms with Crippen LogP contribution in [0.25, 0.3) is 22.8 Å². The maximum atomic E-state index is 11.9. The van der Waals surface area contributed by atoms with Gasteiger partial charge in [-0.3, -0.25) is 10.2 Å². The number of aromatic nitrogens is 8. The van der Waals surface area contributed by atoms with Gasteiger partial charge in [0, 0.05) is 36.6 Å². The van der Waals surface area contributed by atoms with Gasteiger partial charge in [0.25, 0.3) is 0 Å². The molecule has 0 aliphatic heterocycles. The van der Waals surface area contributed by atoms with Crippen LogP contribution in [0.1, 0.15) is 80.1 Å². The number of nitrogens with one attached hydrogen (secondary N) is 5. The molecule has 4 atom stereocenters. The Labute approximate surface area is 323 Å². The van der Waals surface area contributed by atoms with Crippen molar-refractivity contribution < 1.29 is 19.1 Å². The van der Waals surface area contributed by atoms with Crippen molar-refractivity contribution in [2.24, 2.45) is 5.73 Å². The zero-order valence-corrected chi connectivity index (χ0v) is 32.8. The lowest BCUT2D eigenvalue weighted by Gasteiger charge is -2.21. The lowest BCUT2D eigenvalue weighted by molar-refractivity contribution is 0.0493. The molecule has 4 heterocycles. The third kappa shape index (κ3) is 14.2. The molecule has 7 N–H and O–H groups in total. The molecule has 16 nitrogen and oxygen atoms in total. The van der Waals surface area contributed by atoms with Crippen LogP contribution in [0.15, 0.2) is 36.9 Å². The van der Waals surface area contributed by atoms with Crippen LogP contribution in [-0.4, -0.2) is 87.9 Å². The molecule has 4 aromatic heterocycles. The molecule has 0 saturated heterocycles. The molecular formula is C34H47Cl3N12O4. The van der Waals surface area contributed by atoms with E-state index in [9.17, 15) is 9.59 Å². The minimum Gasteiger partial charge on any atom is -0.444 e. The molecule has 0 bridgehead atoms. The Hall–Kier alpha value is -4.25. The first-order valence-corrected chi connectivity index (χ1v) is 18.3. The van der Waals surface area contributed by atoms with Gasteiger partial charge in [0.15, 0.2) is 0 Å². The molecular weight excluding hydrogens is 747 g/mol. The van der Waals surface area contributed by atoms with Gasteiger partial charge in [-0.1, -0.05) is 23.2 Å². The van der Waals surface area contributed by atoms with Crippen molar-refractivity contribution >= 4 is 52.9 Å². The standard InChI is InChI=1S/C17H23ClN6O2.C10H20N2O2.C7H4Cl2N4/c1-17(2,3)26-16(25)22-11-5-4-10(8-11)21-15-19-9-12(18)14(23-15)13-6-7-20-24-13;1-10(2,3)14-9(13)12-8-5-4-7(11)6-8;8-4-3-10-7(9)12-6(4)5-1-2-11-13-5/h6-7,9-11H,4-5,8H2,1-3H3,(H,20,24)(H,22,25)(H,19,21,23);7-8H,4-6,11H2,1-3H3,(H,12,13);1-3H,(H,11,13)/t10?,11-;7-,8+;/m10./s1. The molecule has 0 spiro atoms. The predicted octanol–water partition coefficient (Wildman–Crippen LogP) is 6.94. The highest BCUT2D eigenvalue weighted by Gasteiger charge is 2.29. The van der Waals surface area contributed by atoms with Gasteiger partial charge in [-0.25, -0.2) is 29.5 Å². The third-order valence-corrected chi connectivity index (χ3v) is 8.39. The van der Waals surface area contributed by atoms with Crippen molar-refractivity contribution in [1.29, 1.82) is 0 Å². The smallest absolute Gasteiger partial charge is 0.407 e. The fourth-order valence-corrected chi connectivity index (χ4v) is 5.98. The first-order valence-electron chi connectivity index (χ1n) is 17.2. The highest BCUT2D eigenvalue weighted by atomic mass is 35.5. The molecule has 19 heteroatoms. The Morgan fingerprint density at radius 3 is 1.72 bits per heavy atom. The lowest BCUT2D eigenvalue weighted by Crippen LogP contribution is -2.38. The number of ether oxygens (including phenoxy) is 2. The Balaban J connectivity index is 0.000000196. The monoisotopic (exact) mass is 792 g/mol. The number of carbonyl (C=O) groups is 2. The van der Waals surface area contributed by atoms with Crippen molar-refractivity contribution in [3.05, 3.63) is 52.2 Å². The van der Waals surface area contributed by atoms with E-state index in [4.69, 9.17) is 50.0 Å². The topological polar surface area (TPSA) is 224 Å². The second kappa shape index (κ2) is 18.7. The number of hydrogen-bond acceptors (Lipinski definition) is 12. The van der Waals surface area contributed by atoms with Gasteiger partial charge in [-0.05, 0) is 104 Å². The summed E-state index contributed by atoms with van der Waals surface area (Å²) in [4.78, 5) is 39.7. The Kier molecular flexibility index (Phi) is 14.6. The molecule has 288 valence electrons. The summed E-state index contributed by atoms with van der Waals surface area (Å²) >= 11 is 17.7. The van der Waals surface area contributed by atoms with Gasteiger partial charge < -0.3 is 31.2 Å². The van der Waals surface area contributed by atoms with Gasteiger partial charge in [0.2, 0.25) is 11.2 Å². The molecule has 53 heavy (non-hydrogen) atoms. The predicted molar refractivity (Wildman–Crippen MR) is 204 cm³/mol. The maximum absolute atomic E-state index is 11.9. The zero-order valence-electron chi connectivity index (χ0n) is 30.5. The van der Waals surface area contributed by atoms with Crippen LogP contribution in [-0.2, 0) is 9.47 Å². The fraction of sp³-hybridized carbons (Fsp3) is 0.529. The van der Waals surface area contributed by atoms with E-state index in [-0.39, 0.29) is 41.6 Å². The number of amides is 2. The number of carbonyl (C=O) groups excluding carboxylic acids is 2. The van der Waals surface area contributed by atoms with Gasteiger partial charge in [-0.2, -0.15) is 10.2 Å². The SMILES string of the molecule is CC(C)(C)OC(=O)N[C@@H]1CCC(Nc2ncc(Cl)c(-c3ccn[nH]3)n2)C1.CC(C)(C)OC(=O)N[C@@H]1CC[C@H](N)C1.Clc1ncc(Cl)c(-c2ccn[nH]2)n1. The molecule has 0 aromatic carbocycles. The highest BCUT2D eigenvalue weighted by molar-refractivity contribution is 6.33. The molecule has 1 unspecified atom stereocenters. The van der Waals surface area contributed by atoms with E-state index in [1.54, 1.807) is 30.7 Å². The van der Waals surface area contributed by atoms with Crippen molar-refractivity contribution in [3.8, 4) is 22.8 Å². The molecule has 2 aliphatic carbocycles. The molecule has 0 radical (unpaired) electrons. The van der Waals surface area contributed by atoms with Crippen LogP contribution in [0.3, 0.4) is 0 Å². The van der Waals surface area contributed by atoms with Crippen LogP contribution in [0.5, 0.6) is 0 Å². The second-order valence-electron chi connectivity index (χ2n) is 14.6. The number of halogens is 3. The van der Waals surface area contributed by atoms with Gasteiger partial charge in [0.1, 0.15) is 22.6 Å². The van der Waals surface area contributed by atoms with Crippen LogP contribution >= 0.6 is 34.8 Å². The van der Waals surface area contributed by atoms with Gasteiger partial charge in [-0.15, -0.1) is 0 Å². The van der Waals surface area contributed by atoms with Crippen molar-refractivity contribution in [2.75, 3.05) is 5.32 Å². The molecule has 2 aliphatic rings. The summed E-state index contributed by atoms with van der Waals surface area (Å²) in [5.41, 5.74) is 7.42. The maximum Gasteiger partial charge on any atom is 0.407 e. The molecule has 2 amide bonds. The first kappa shape index (κ1) is 41.5. The summed E-state index contributed by atoms with van der Waals surface area (Å²) in [5, 5.41) is 23.4. The lowest BCUT2D eigenvalue weighted by atomic mass is 10.2. The fourth-order valence-electron chi connectivity index (χ4n) is 5.46. The van der Waals surface area contributed by atoms with Crippen molar-refractivity contribution in [2.45, 2.75) is 115 Å². The van der Waals surface area contributed by atoms with E-state index < -0.39 is 11.2 Å². The van der Waals surface area contributed by atoms with Gasteiger partial charge >= 0.3 is 12.2 Å². The summed E-state index contributed by atoms with van der Waals surface area (Å²) < 4.78 is 10.4. The third-order valence-electron chi connectivity index (χ3n) is 7.65. The van der Waals surface area contributed by atoms with Crippen LogP contribution < -0.4 is 21.7 Å². The van der Waals surface area contributed by atoms with E-state index >= 15 is 0 Å². The Bertz CT molecular complexity index is 1770. The zero-order chi connectivity index (χ0) is 38.8. The van der Waals surface area contributed by atoms with Crippen LogP contribution in [0.2, 0.25) is 15.3 Å². The second-order valence-corrected chi connectivity index (χ2v) is 15.7. The minimum atomic E-state index is -0.499. The largest absolute Gasteiger partial charge is 0.444 e. The number of nitrogens with zero attached hydrogens (tertiary/aromatic N) is 6. The normalized spacial score (nSPS) is 19.6. The van der Waals surface area contributed by atoms with E-state index in [2.05, 4.69) is 56.3 Å². The van der Waals surface area contributed by atoms with E-state index in [1.165, 1.54) is 6.20 Å². The molecule has 2 saturated carbocycles. The number of hydrogen-bond donors (Lipinski definition) is 6. The van der Waals surface area contributed by atoms with Gasteiger partial charge in [0.05, 0.1) is 33.8 Å². The minimum absolute atomic E-state index is 0.0710. The highest BCUT2D eigenvalue weighted by Crippen LogP contribution is 2.27. The van der Waals surface area contributed by atoms with Crippen LogP contribution in [0.4, 0.5) is 15.5 Å². The summed E-state index contributed by atoms with van der Waals surface area (Å²) in [5.74, 6) is 0.502. The van der Waals surface area contributed by atoms with E-state index in [1.807, 2.05) is 41.5 Å².